The summed E-state index contributed by atoms with van der Waals surface area (Å²) >= 11 is 0. The second-order valence-corrected chi connectivity index (χ2v) is 6.10. The Morgan fingerprint density at radius 3 is 2.87 bits per heavy atom. The maximum atomic E-state index is 12.3. The van der Waals surface area contributed by atoms with Gasteiger partial charge in [-0.15, -0.1) is 0 Å². The molecule has 3 rings (SSSR count). The second-order valence-electron chi connectivity index (χ2n) is 6.10. The summed E-state index contributed by atoms with van der Waals surface area (Å²) in [4.78, 5) is 19.0. The van der Waals surface area contributed by atoms with Gasteiger partial charge in [0.05, 0.1) is 13.2 Å². The summed E-state index contributed by atoms with van der Waals surface area (Å²) in [6.07, 6.45) is 0. The van der Waals surface area contributed by atoms with Crippen LogP contribution in [0.15, 0.2) is 22.6 Å². The van der Waals surface area contributed by atoms with Gasteiger partial charge >= 0.3 is 0 Å². The van der Waals surface area contributed by atoms with E-state index in [1.165, 1.54) is 0 Å². The van der Waals surface area contributed by atoms with Crippen LogP contribution in [0.5, 0.6) is 0 Å². The Morgan fingerprint density at radius 1 is 1.35 bits per heavy atom. The lowest BCUT2D eigenvalue weighted by molar-refractivity contribution is 0.0383. The number of benzene rings is 1. The van der Waals surface area contributed by atoms with E-state index in [1.54, 1.807) is 12.1 Å². The van der Waals surface area contributed by atoms with Crippen LogP contribution in [0.2, 0.25) is 0 Å². The van der Waals surface area contributed by atoms with Crippen LogP contribution >= 0.6 is 0 Å². The summed E-state index contributed by atoms with van der Waals surface area (Å²) in [6.45, 7) is 8.94. The van der Waals surface area contributed by atoms with Gasteiger partial charge in [0.2, 0.25) is 0 Å². The lowest BCUT2D eigenvalue weighted by Gasteiger charge is -2.26. The summed E-state index contributed by atoms with van der Waals surface area (Å²) in [5.41, 5.74) is 2.05. The second kappa shape index (κ2) is 7.10. The molecule has 1 N–H and O–H groups in total. The molecule has 2 aromatic rings. The molecule has 1 aliphatic heterocycles. The van der Waals surface area contributed by atoms with Crippen molar-refractivity contribution in [2.75, 3.05) is 39.4 Å². The van der Waals surface area contributed by atoms with E-state index in [4.69, 9.17) is 9.15 Å². The van der Waals surface area contributed by atoms with Gasteiger partial charge in [-0.1, -0.05) is 13.8 Å². The number of oxazole rings is 1. The zero-order chi connectivity index (χ0) is 16.2. The molecule has 2 heterocycles. The average Bonchev–Trinajstić information content (AvgIpc) is 2.99. The van der Waals surface area contributed by atoms with Crippen molar-refractivity contribution in [1.29, 1.82) is 0 Å². The highest BCUT2D eigenvalue weighted by Gasteiger charge is 2.13. The Hall–Kier alpha value is -1.92. The van der Waals surface area contributed by atoms with Gasteiger partial charge in [0, 0.05) is 37.7 Å². The van der Waals surface area contributed by atoms with Crippen molar-refractivity contribution in [2.24, 2.45) is 0 Å². The summed E-state index contributed by atoms with van der Waals surface area (Å²) < 4.78 is 11.0. The normalized spacial score (nSPS) is 16.1. The van der Waals surface area contributed by atoms with E-state index in [0.29, 0.717) is 23.6 Å². The number of amides is 1. The number of morpholine rings is 1. The van der Waals surface area contributed by atoms with Crippen LogP contribution in [-0.2, 0) is 4.74 Å². The van der Waals surface area contributed by atoms with Crippen LogP contribution in [0.1, 0.15) is 36.0 Å². The van der Waals surface area contributed by atoms with Crippen LogP contribution in [0.4, 0.5) is 0 Å². The molecule has 0 bridgehead atoms. The summed E-state index contributed by atoms with van der Waals surface area (Å²) in [7, 11) is 0. The number of nitrogens with zero attached hydrogens (tertiary/aromatic N) is 2. The predicted molar refractivity (Wildman–Crippen MR) is 87.7 cm³/mol. The quantitative estimate of drug-likeness (QED) is 0.914. The van der Waals surface area contributed by atoms with Gasteiger partial charge in [0.25, 0.3) is 5.91 Å². The number of hydrogen-bond acceptors (Lipinski definition) is 5. The van der Waals surface area contributed by atoms with Crippen molar-refractivity contribution in [3.8, 4) is 0 Å². The molecule has 1 aromatic heterocycles. The molecule has 6 heteroatoms. The molecular weight excluding hydrogens is 294 g/mol. The molecule has 1 fully saturated rings. The molecule has 23 heavy (non-hydrogen) atoms. The third-order valence-corrected chi connectivity index (χ3v) is 3.98. The van der Waals surface area contributed by atoms with Crippen LogP contribution in [-0.4, -0.2) is 55.2 Å². The molecular formula is C17H23N3O3. The number of rotatable bonds is 5. The number of carbonyl (C=O) groups is 1. The number of ether oxygens (including phenoxy) is 1. The minimum Gasteiger partial charge on any atom is -0.440 e. The molecule has 0 unspecified atom stereocenters. The summed E-state index contributed by atoms with van der Waals surface area (Å²) in [5.74, 6) is 0.848. The Kier molecular flexibility index (Phi) is 4.93. The number of nitrogens with one attached hydrogen (secondary N) is 1. The number of carbonyl (C=O) groups excluding carboxylic acids is 1. The zero-order valence-corrected chi connectivity index (χ0v) is 13.7. The lowest BCUT2D eigenvalue weighted by Crippen LogP contribution is -2.41. The van der Waals surface area contributed by atoms with Gasteiger partial charge in [-0.2, -0.15) is 0 Å². The first-order chi connectivity index (χ1) is 11.1. The standard InChI is InChI=1S/C17H23N3O3/c1-12(2)17-19-14-4-3-13(11-15(14)23-17)16(21)18-5-6-20-7-9-22-10-8-20/h3-4,11-12H,5-10H2,1-2H3,(H,18,21). The minimum atomic E-state index is -0.0809. The molecule has 0 aliphatic carbocycles. The Morgan fingerprint density at radius 2 is 2.13 bits per heavy atom. The smallest absolute Gasteiger partial charge is 0.251 e. The fourth-order valence-corrected chi connectivity index (χ4v) is 2.59. The monoisotopic (exact) mass is 317 g/mol. The molecule has 0 atom stereocenters. The number of hydrogen-bond donors (Lipinski definition) is 1. The van der Waals surface area contributed by atoms with Gasteiger partial charge in [-0.05, 0) is 18.2 Å². The van der Waals surface area contributed by atoms with Crippen molar-refractivity contribution < 1.29 is 13.9 Å². The molecule has 1 aromatic carbocycles. The molecule has 6 nitrogen and oxygen atoms in total. The van der Waals surface area contributed by atoms with Gasteiger partial charge in [-0.25, -0.2) is 4.98 Å². The van der Waals surface area contributed by atoms with Crippen molar-refractivity contribution >= 4 is 17.0 Å². The molecule has 0 saturated carbocycles. The van der Waals surface area contributed by atoms with Crippen molar-refractivity contribution in [2.45, 2.75) is 19.8 Å². The summed E-state index contributed by atoms with van der Waals surface area (Å²) in [6, 6.07) is 5.39. The highest BCUT2D eigenvalue weighted by molar-refractivity contribution is 5.97. The SMILES string of the molecule is CC(C)c1nc2ccc(C(=O)NCCN3CCOCC3)cc2o1. The van der Waals surface area contributed by atoms with Gasteiger partial charge in [0.1, 0.15) is 5.52 Å². The highest BCUT2D eigenvalue weighted by Crippen LogP contribution is 2.22. The Labute approximate surface area is 135 Å². The maximum absolute atomic E-state index is 12.3. The van der Waals surface area contributed by atoms with E-state index >= 15 is 0 Å². The fraction of sp³-hybridized carbons (Fsp3) is 0.529. The van der Waals surface area contributed by atoms with E-state index in [2.05, 4.69) is 15.2 Å². The van der Waals surface area contributed by atoms with Crippen LogP contribution < -0.4 is 5.32 Å². The largest absolute Gasteiger partial charge is 0.440 e. The first-order valence-corrected chi connectivity index (χ1v) is 8.12. The predicted octanol–water partition coefficient (Wildman–Crippen LogP) is 2.01. The van der Waals surface area contributed by atoms with Gasteiger partial charge in [-0.3, -0.25) is 9.69 Å². The van der Waals surface area contributed by atoms with Crippen LogP contribution in [0.3, 0.4) is 0 Å². The lowest BCUT2D eigenvalue weighted by atomic mass is 10.2. The Bertz CT molecular complexity index is 675. The van der Waals surface area contributed by atoms with Gasteiger partial charge < -0.3 is 14.5 Å². The maximum Gasteiger partial charge on any atom is 0.251 e. The highest BCUT2D eigenvalue weighted by atomic mass is 16.5. The third kappa shape index (κ3) is 3.89. The first-order valence-electron chi connectivity index (χ1n) is 8.12. The van der Waals surface area contributed by atoms with Gasteiger partial charge in [0.15, 0.2) is 11.5 Å². The molecule has 1 amide bonds. The molecule has 1 saturated heterocycles. The van der Waals surface area contributed by atoms with Crippen molar-refractivity contribution in [1.82, 2.24) is 15.2 Å². The molecule has 1 aliphatic rings. The van der Waals surface area contributed by atoms with Crippen molar-refractivity contribution in [3.05, 3.63) is 29.7 Å². The minimum absolute atomic E-state index is 0.0809. The van der Waals surface area contributed by atoms with E-state index < -0.39 is 0 Å². The van der Waals surface area contributed by atoms with Crippen LogP contribution in [0.25, 0.3) is 11.1 Å². The molecule has 0 radical (unpaired) electrons. The molecule has 124 valence electrons. The van der Waals surface area contributed by atoms with Crippen LogP contribution in [0, 0.1) is 0 Å². The summed E-state index contributed by atoms with van der Waals surface area (Å²) in [5, 5.41) is 2.96. The first kappa shape index (κ1) is 16.0. The zero-order valence-electron chi connectivity index (χ0n) is 13.7. The van der Waals surface area contributed by atoms with Crippen molar-refractivity contribution in [3.63, 3.8) is 0 Å². The third-order valence-electron chi connectivity index (χ3n) is 3.98. The van der Waals surface area contributed by atoms with E-state index in [1.807, 2.05) is 19.9 Å². The Balaban J connectivity index is 1.59. The fourth-order valence-electron chi connectivity index (χ4n) is 2.59. The molecule has 0 spiro atoms. The average molecular weight is 317 g/mol. The number of aromatic nitrogens is 1. The number of fused-ring (bicyclic) bond motifs is 1. The van der Waals surface area contributed by atoms with E-state index in [0.717, 1.165) is 38.4 Å². The van der Waals surface area contributed by atoms with E-state index in [9.17, 15) is 4.79 Å². The topological polar surface area (TPSA) is 67.6 Å². The van der Waals surface area contributed by atoms with E-state index in [-0.39, 0.29) is 11.8 Å².